The van der Waals surface area contributed by atoms with Crippen molar-refractivity contribution in [1.29, 1.82) is 0 Å². The molecule has 1 aromatic carbocycles. The van der Waals surface area contributed by atoms with Gasteiger partial charge < -0.3 is 10.4 Å². The molecule has 0 fully saturated rings. The molecular formula is C16H18N2O5. The number of carbonyl (C=O) groups excluding carboxylic acids is 3. The van der Waals surface area contributed by atoms with Crippen LogP contribution in [0.2, 0.25) is 0 Å². The van der Waals surface area contributed by atoms with Crippen molar-refractivity contribution in [2.75, 3.05) is 6.54 Å². The van der Waals surface area contributed by atoms with Gasteiger partial charge in [-0.15, -0.1) is 0 Å². The van der Waals surface area contributed by atoms with Crippen LogP contribution >= 0.6 is 0 Å². The standard InChI is InChI=1S/C16H18N2O5/c1-8(2)13(16(22)23)17-12(19)7-18-14(20)10-5-4-9(3)6-11(10)15(18)21/h4-6,8,13H,7H2,1-3H3,(H,17,19)(H,22,23)/t13-/m0/s1. The Balaban J connectivity index is 2.13. The number of aliphatic carboxylic acids is 1. The van der Waals surface area contributed by atoms with Crippen LogP contribution in [0.15, 0.2) is 18.2 Å². The fourth-order valence-electron chi connectivity index (χ4n) is 2.42. The Labute approximate surface area is 133 Å². The third kappa shape index (κ3) is 3.23. The molecule has 7 heteroatoms. The molecule has 0 radical (unpaired) electrons. The molecule has 23 heavy (non-hydrogen) atoms. The average molecular weight is 318 g/mol. The molecule has 0 unspecified atom stereocenters. The normalized spacial score (nSPS) is 14.9. The highest BCUT2D eigenvalue weighted by atomic mass is 16.4. The van der Waals surface area contributed by atoms with Crippen LogP contribution in [-0.2, 0) is 9.59 Å². The maximum absolute atomic E-state index is 12.3. The zero-order valence-electron chi connectivity index (χ0n) is 13.1. The van der Waals surface area contributed by atoms with Gasteiger partial charge in [0.2, 0.25) is 5.91 Å². The lowest BCUT2D eigenvalue weighted by molar-refractivity contribution is -0.143. The van der Waals surface area contributed by atoms with E-state index in [4.69, 9.17) is 5.11 Å². The minimum atomic E-state index is -1.16. The van der Waals surface area contributed by atoms with Crippen molar-refractivity contribution in [3.05, 3.63) is 34.9 Å². The van der Waals surface area contributed by atoms with Crippen LogP contribution in [0.25, 0.3) is 0 Å². The maximum Gasteiger partial charge on any atom is 0.326 e. The number of aryl methyl sites for hydroxylation is 1. The zero-order chi connectivity index (χ0) is 17.3. The van der Waals surface area contributed by atoms with Gasteiger partial charge in [-0.05, 0) is 25.0 Å². The topological polar surface area (TPSA) is 104 Å². The molecule has 0 saturated carbocycles. The van der Waals surface area contributed by atoms with Crippen LogP contribution in [0.4, 0.5) is 0 Å². The second-order valence-electron chi connectivity index (χ2n) is 5.87. The van der Waals surface area contributed by atoms with Crippen molar-refractivity contribution >= 4 is 23.7 Å². The first-order chi connectivity index (χ1) is 10.7. The summed E-state index contributed by atoms with van der Waals surface area (Å²) in [6, 6.07) is 3.80. The van der Waals surface area contributed by atoms with E-state index in [1.807, 2.05) is 0 Å². The summed E-state index contributed by atoms with van der Waals surface area (Å²) < 4.78 is 0. The van der Waals surface area contributed by atoms with Gasteiger partial charge in [0, 0.05) is 0 Å². The van der Waals surface area contributed by atoms with Crippen molar-refractivity contribution < 1.29 is 24.3 Å². The molecular weight excluding hydrogens is 300 g/mol. The van der Waals surface area contributed by atoms with E-state index in [2.05, 4.69) is 5.32 Å². The van der Waals surface area contributed by atoms with Crippen LogP contribution in [0.1, 0.15) is 40.1 Å². The van der Waals surface area contributed by atoms with Gasteiger partial charge in [-0.1, -0.05) is 25.5 Å². The minimum absolute atomic E-state index is 0.257. The molecule has 3 amide bonds. The molecule has 0 spiro atoms. The molecule has 2 N–H and O–H groups in total. The van der Waals surface area contributed by atoms with Gasteiger partial charge in [-0.3, -0.25) is 19.3 Å². The Hall–Kier alpha value is -2.70. The van der Waals surface area contributed by atoms with Crippen molar-refractivity contribution in [3.63, 3.8) is 0 Å². The maximum atomic E-state index is 12.3. The summed E-state index contributed by atoms with van der Waals surface area (Å²) in [5, 5.41) is 11.4. The largest absolute Gasteiger partial charge is 0.480 e. The number of hydrogen-bond donors (Lipinski definition) is 2. The van der Waals surface area contributed by atoms with E-state index in [0.29, 0.717) is 0 Å². The average Bonchev–Trinajstić information content (AvgIpc) is 2.69. The molecule has 2 rings (SSSR count). The number of nitrogens with zero attached hydrogens (tertiary/aromatic N) is 1. The Morgan fingerprint density at radius 2 is 1.78 bits per heavy atom. The first-order valence-electron chi connectivity index (χ1n) is 7.21. The lowest BCUT2D eigenvalue weighted by atomic mass is 10.0. The second-order valence-corrected chi connectivity index (χ2v) is 5.87. The van der Waals surface area contributed by atoms with E-state index < -0.39 is 36.3 Å². The van der Waals surface area contributed by atoms with Gasteiger partial charge in [0.1, 0.15) is 12.6 Å². The quantitative estimate of drug-likeness (QED) is 0.782. The number of nitrogens with one attached hydrogen (secondary N) is 1. The monoisotopic (exact) mass is 318 g/mol. The first-order valence-corrected chi connectivity index (χ1v) is 7.21. The number of carboxylic acids is 1. The Bertz CT molecular complexity index is 696. The number of carboxylic acid groups (broad SMARTS) is 1. The lowest BCUT2D eigenvalue weighted by Gasteiger charge is -2.20. The molecule has 0 aromatic heterocycles. The molecule has 1 atom stereocenters. The van der Waals surface area contributed by atoms with Gasteiger partial charge in [0.05, 0.1) is 11.1 Å². The summed E-state index contributed by atoms with van der Waals surface area (Å²) in [6.45, 7) is 4.61. The van der Waals surface area contributed by atoms with Crippen LogP contribution in [0.3, 0.4) is 0 Å². The fraction of sp³-hybridized carbons (Fsp3) is 0.375. The van der Waals surface area contributed by atoms with Crippen molar-refractivity contribution in [2.24, 2.45) is 5.92 Å². The summed E-state index contributed by atoms with van der Waals surface area (Å²) in [4.78, 5) is 48.4. The van der Waals surface area contributed by atoms with E-state index in [-0.39, 0.29) is 17.0 Å². The van der Waals surface area contributed by atoms with E-state index in [9.17, 15) is 19.2 Å². The zero-order valence-corrected chi connectivity index (χ0v) is 13.1. The molecule has 1 aromatic rings. The number of hydrogen-bond acceptors (Lipinski definition) is 4. The van der Waals surface area contributed by atoms with Gasteiger partial charge in [-0.2, -0.15) is 0 Å². The molecule has 1 aliphatic rings. The van der Waals surface area contributed by atoms with E-state index >= 15 is 0 Å². The third-order valence-corrected chi connectivity index (χ3v) is 3.68. The van der Waals surface area contributed by atoms with Crippen LogP contribution < -0.4 is 5.32 Å². The summed E-state index contributed by atoms with van der Waals surface area (Å²) in [5.74, 6) is -3.25. The lowest BCUT2D eigenvalue weighted by Crippen LogP contribution is -2.49. The Kier molecular flexibility index (Phi) is 4.49. The van der Waals surface area contributed by atoms with Crippen molar-refractivity contribution in [2.45, 2.75) is 26.8 Å². The van der Waals surface area contributed by atoms with Crippen molar-refractivity contribution in [1.82, 2.24) is 10.2 Å². The molecule has 1 aliphatic heterocycles. The highest BCUT2D eigenvalue weighted by Gasteiger charge is 2.37. The number of rotatable bonds is 5. The number of imide groups is 1. The molecule has 122 valence electrons. The summed E-state index contributed by atoms with van der Waals surface area (Å²) in [7, 11) is 0. The van der Waals surface area contributed by atoms with Gasteiger partial charge >= 0.3 is 5.97 Å². The Morgan fingerprint density at radius 3 is 2.35 bits per heavy atom. The van der Waals surface area contributed by atoms with Gasteiger partial charge in [-0.25, -0.2) is 4.79 Å². The predicted octanol–water partition coefficient (Wildman–Crippen LogP) is 0.816. The van der Waals surface area contributed by atoms with E-state index in [0.717, 1.165) is 10.5 Å². The molecule has 0 bridgehead atoms. The molecule has 0 aliphatic carbocycles. The first kappa shape index (κ1) is 16.7. The Morgan fingerprint density at radius 1 is 1.17 bits per heavy atom. The van der Waals surface area contributed by atoms with Gasteiger partial charge in [0.25, 0.3) is 11.8 Å². The number of carbonyl (C=O) groups is 4. The smallest absolute Gasteiger partial charge is 0.326 e. The molecule has 7 nitrogen and oxygen atoms in total. The van der Waals surface area contributed by atoms with Crippen LogP contribution in [-0.4, -0.2) is 46.3 Å². The minimum Gasteiger partial charge on any atom is -0.480 e. The molecule has 0 saturated heterocycles. The third-order valence-electron chi connectivity index (χ3n) is 3.68. The second kappa shape index (κ2) is 6.20. The predicted molar refractivity (Wildman–Crippen MR) is 81.0 cm³/mol. The number of benzene rings is 1. The van der Waals surface area contributed by atoms with Crippen molar-refractivity contribution in [3.8, 4) is 0 Å². The summed E-state index contributed by atoms with van der Waals surface area (Å²) in [5.41, 5.74) is 1.36. The van der Waals surface area contributed by atoms with Crippen LogP contribution in [0.5, 0.6) is 0 Å². The molecule has 1 heterocycles. The van der Waals surface area contributed by atoms with E-state index in [1.54, 1.807) is 39.0 Å². The van der Waals surface area contributed by atoms with Gasteiger partial charge in [0.15, 0.2) is 0 Å². The fourth-order valence-corrected chi connectivity index (χ4v) is 2.42. The SMILES string of the molecule is Cc1ccc2c(c1)C(=O)N(CC(=O)N[C@H](C(=O)O)C(C)C)C2=O. The number of fused-ring (bicyclic) bond motifs is 1. The summed E-state index contributed by atoms with van der Waals surface area (Å²) >= 11 is 0. The van der Waals surface area contributed by atoms with Crippen LogP contribution in [0, 0.1) is 12.8 Å². The highest BCUT2D eigenvalue weighted by molar-refractivity contribution is 6.22. The highest BCUT2D eigenvalue weighted by Crippen LogP contribution is 2.23. The number of amides is 3. The van der Waals surface area contributed by atoms with E-state index in [1.165, 1.54) is 0 Å². The summed E-state index contributed by atoms with van der Waals surface area (Å²) in [6.07, 6.45) is 0.